The quantitative estimate of drug-likeness (QED) is 0.729. The Morgan fingerprint density at radius 2 is 1.93 bits per heavy atom. The molecule has 2 fully saturated rings. The molecule has 0 bridgehead atoms. The molecule has 3 heterocycles. The van der Waals surface area contributed by atoms with Gasteiger partial charge in [-0.25, -0.2) is 4.98 Å². The maximum absolute atomic E-state index is 5.84. The molecular formula is C21H29N3O2S. The summed E-state index contributed by atoms with van der Waals surface area (Å²) in [6, 6.07) is 8.17. The van der Waals surface area contributed by atoms with E-state index in [1.165, 1.54) is 18.4 Å². The molecule has 1 aromatic heterocycles. The van der Waals surface area contributed by atoms with Gasteiger partial charge in [0.15, 0.2) is 0 Å². The molecule has 0 saturated carbocycles. The Labute approximate surface area is 165 Å². The molecule has 2 aliphatic rings. The SMILES string of the molecule is Cc1ccc(OCc2nc(CN3CCN(CC4CCCO4)CC3)cs2)cc1. The number of benzene rings is 1. The highest BCUT2D eigenvalue weighted by molar-refractivity contribution is 7.09. The van der Waals surface area contributed by atoms with Crippen LogP contribution in [0.15, 0.2) is 29.6 Å². The number of ether oxygens (including phenoxy) is 2. The third-order valence-electron chi connectivity index (χ3n) is 5.32. The number of aromatic nitrogens is 1. The van der Waals surface area contributed by atoms with Gasteiger partial charge in [0.25, 0.3) is 0 Å². The van der Waals surface area contributed by atoms with Crippen LogP contribution in [-0.4, -0.2) is 60.2 Å². The average molecular weight is 388 g/mol. The summed E-state index contributed by atoms with van der Waals surface area (Å²) in [6.07, 6.45) is 2.92. The highest BCUT2D eigenvalue weighted by Gasteiger charge is 2.23. The summed E-state index contributed by atoms with van der Waals surface area (Å²) >= 11 is 1.69. The number of hydrogen-bond acceptors (Lipinski definition) is 6. The zero-order valence-electron chi connectivity index (χ0n) is 16.1. The summed E-state index contributed by atoms with van der Waals surface area (Å²) in [5, 5.41) is 3.22. The molecule has 4 rings (SSSR count). The van der Waals surface area contributed by atoms with Gasteiger partial charge in [0.05, 0.1) is 11.8 Å². The van der Waals surface area contributed by atoms with Crippen LogP contribution in [0, 0.1) is 6.92 Å². The van der Waals surface area contributed by atoms with Crippen LogP contribution in [0.2, 0.25) is 0 Å². The van der Waals surface area contributed by atoms with Crippen LogP contribution in [0.5, 0.6) is 5.75 Å². The van der Waals surface area contributed by atoms with E-state index < -0.39 is 0 Å². The lowest BCUT2D eigenvalue weighted by Crippen LogP contribution is -2.48. The Balaban J connectivity index is 1.19. The van der Waals surface area contributed by atoms with Crippen molar-refractivity contribution in [3.8, 4) is 5.75 Å². The normalized spacial score (nSPS) is 21.6. The number of hydrogen-bond donors (Lipinski definition) is 0. The van der Waals surface area contributed by atoms with Crippen molar-refractivity contribution in [1.82, 2.24) is 14.8 Å². The van der Waals surface area contributed by atoms with Gasteiger partial charge in [-0.05, 0) is 31.9 Å². The van der Waals surface area contributed by atoms with Crippen LogP contribution in [0.3, 0.4) is 0 Å². The summed E-state index contributed by atoms with van der Waals surface area (Å²) in [4.78, 5) is 9.81. The van der Waals surface area contributed by atoms with Crippen molar-refractivity contribution in [2.45, 2.75) is 39.0 Å². The van der Waals surface area contributed by atoms with E-state index in [0.29, 0.717) is 12.7 Å². The molecule has 27 heavy (non-hydrogen) atoms. The van der Waals surface area contributed by atoms with Gasteiger partial charge < -0.3 is 9.47 Å². The van der Waals surface area contributed by atoms with Gasteiger partial charge in [0.2, 0.25) is 0 Å². The van der Waals surface area contributed by atoms with Crippen LogP contribution in [0.4, 0.5) is 0 Å². The lowest BCUT2D eigenvalue weighted by molar-refractivity contribution is 0.0487. The molecule has 2 aromatic rings. The van der Waals surface area contributed by atoms with Gasteiger partial charge in [-0.1, -0.05) is 17.7 Å². The minimum atomic E-state index is 0.464. The second-order valence-corrected chi connectivity index (χ2v) is 8.49. The zero-order valence-corrected chi connectivity index (χ0v) is 16.9. The predicted molar refractivity (Wildman–Crippen MR) is 108 cm³/mol. The molecule has 0 spiro atoms. The van der Waals surface area contributed by atoms with E-state index >= 15 is 0 Å². The van der Waals surface area contributed by atoms with Crippen LogP contribution in [0.1, 0.15) is 29.1 Å². The first kappa shape index (κ1) is 18.9. The van der Waals surface area contributed by atoms with Gasteiger partial charge in [0.1, 0.15) is 17.4 Å². The third-order valence-corrected chi connectivity index (χ3v) is 6.19. The maximum Gasteiger partial charge on any atom is 0.140 e. The highest BCUT2D eigenvalue weighted by Crippen LogP contribution is 2.18. The Hall–Kier alpha value is -1.47. The molecule has 1 atom stereocenters. The first-order chi connectivity index (χ1) is 13.2. The van der Waals surface area contributed by atoms with Crippen LogP contribution in [0.25, 0.3) is 0 Å². The molecule has 0 radical (unpaired) electrons. The molecule has 1 aromatic carbocycles. The first-order valence-corrected chi connectivity index (χ1v) is 10.8. The van der Waals surface area contributed by atoms with Gasteiger partial charge in [-0.2, -0.15) is 0 Å². The third kappa shape index (κ3) is 5.51. The van der Waals surface area contributed by atoms with Gasteiger partial charge in [0, 0.05) is 51.3 Å². The van der Waals surface area contributed by atoms with E-state index in [2.05, 4.69) is 34.2 Å². The molecule has 5 nitrogen and oxygen atoms in total. The van der Waals surface area contributed by atoms with Crippen molar-refractivity contribution < 1.29 is 9.47 Å². The fourth-order valence-electron chi connectivity index (χ4n) is 3.70. The summed E-state index contributed by atoms with van der Waals surface area (Å²) in [6.45, 7) is 10.1. The van der Waals surface area contributed by atoms with Crippen molar-refractivity contribution in [2.75, 3.05) is 39.3 Å². The van der Waals surface area contributed by atoms with E-state index in [1.54, 1.807) is 11.3 Å². The maximum atomic E-state index is 5.84. The Kier molecular flexibility index (Phi) is 6.39. The zero-order chi connectivity index (χ0) is 18.5. The van der Waals surface area contributed by atoms with Crippen molar-refractivity contribution in [3.63, 3.8) is 0 Å². The number of rotatable bonds is 7. The monoisotopic (exact) mass is 387 g/mol. The molecular weight excluding hydrogens is 358 g/mol. The van der Waals surface area contributed by atoms with E-state index in [9.17, 15) is 0 Å². The molecule has 2 aliphatic heterocycles. The lowest BCUT2D eigenvalue weighted by atomic mass is 10.2. The molecule has 0 amide bonds. The van der Waals surface area contributed by atoms with Crippen LogP contribution in [-0.2, 0) is 17.9 Å². The van der Waals surface area contributed by atoms with E-state index in [4.69, 9.17) is 14.5 Å². The minimum Gasteiger partial charge on any atom is -0.486 e. The van der Waals surface area contributed by atoms with E-state index in [0.717, 1.165) is 62.3 Å². The predicted octanol–water partition coefficient (Wildman–Crippen LogP) is 3.33. The standard InChI is InChI=1S/C21H29N3O2S/c1-17-4-6-19(7-5-17)26-15-21-22-18(16-27-21)13-23-8-10-24(11-9-23)14-20-3-2-12-25-20/h4-7,16,20H,2-3,8-15H2,1H3. The number of nitrogens with zero attached hydrogens (tertiary/aromatic N) is 3. The minimum absolute atomic E-state index is 0.464. The second-order valence-electron chi connectivity index (χ2n) is 7.55. The fraction of sp³-hybridized carbons (Fsp3) is 0.571. The number of thiazole rings is 1. The van der Waals surface area contributed by atoms with E-state index in [-0.39, 0.29) is 0 Å². The fourth-order valence-corrected chi connectivity index (χ4v) is 4.40. The Morgan fingerprint density at radius 1 is 1.15 bits per heavy atom. The molecule has 0 aliphatic carbocycles. The van der Waals surface area contributed by atoms with Crippen molar-refractivity contribution >= 4 is 11.3 Å². The average Bonchev–Trinajstić information content (AvgIpc) is 3.35. The number of aryl methyl sites for hydroxylation is 1. The molecule has 6 heteroatoms. The van der Waals surface area contributed by atoms with Crippen molar-refractivity contribution in [3.05, 3.63) is 45.9 Å². The summed E-state index contributed by atoms with van der Waals surface area (Å²) in [7, 11) is 0. The molecule has 0 N–H and O–H groups in total. The van der Waals surface area contributed by atoms with Gasteiger partial charge >= 0.3 is 0 Å². The summed E-state index contributed by atoms with van der Waals surface area (Å²) in [5.74, 6) is 0.903. The smallest absolute Gasteiger partial charge is 0.140 e. The topological polar surface area (TPSA) is 37.8 Å². The summed E-state index contributed by atoms with van der Waals surface area (Å²) in [5.41, 5.74) is 2.41. The van der Waals surface area contributed by atoms with Crippen molar-refractivity contribution in [1.29, 1.82) is 0 Å². The van der Waals surface area contributed by atoms with Crippen LogP contribution >= 0.6 is 11.3 Å². The Morgan fingerprint density at radius 3 is 2.67 bits per heavy atom. The molecule has 2 saturated heterocycles. The van der Waals surface area contributed by atoms with Gasteiger partial charge in [-0.3, -0.25) is 9.80 Å². The largest absolute Gasteiger partial charge is 0.486 e. The Bertz CT molecular complexity index is 704. The van der Waals surface area contributed by atoms with Crippen LogP contribution < -0.4 is 4.74 Å². The number of piperazine rings is 1. The lowest BCUT2D eigenvalue weighted by Gasteiger charge is -2.35. The summed E-state index contributed by atoms with van der Waals surface area (Å²) < 4.78 is 11.6. The highest BCUT2D eigenvalue weighted by atomic mass is 32.1. The molecule has 146 valence electrons. The van der Waals surface area contributed by atoms with Gasteiger partial charge in [-0.15, -0.1) is 11.3 Å². The first-order valence-electron chi connectivity index (χ1n) is 9.94. The molecule has 1 unspecified atom stereocenters. The van der Waals surface area contributed by atoms with Crippen molar-refractivity contribution in [2.24, 2.45) is 0 Å². The van der Waals surface area contributed by atoms with E-state index in [1.807, 2.05) is 12.1 Å². The second kappa shape index (κ2) is 9.15.